The zero-order valence-electron chi connectivity index (χ0n) is 17.0. The van der Waals surface area contributed by atoms with Gasteiger partial charge in [-0.15, -0.1) is 0 Å². The Balaban J connectivity index is 2.09. The van der Waals surface area contributed by atoms with E-state index in [0.717, 1.165) is 12.3 Å². The molecule has 1 aromatic heterocycles. The number of nitrogens with zero attached hydrogens (tertiary/aromatic N) is 3. The number of aromatic nitrogens is 1. The minimum absolute atomic E-state index is 0.0634. The summed E-state index contributed by atoms with van der Waals surface area (Å²) >= 11 is 0. The summed E-state index contributed by atoms with van der Waals surface area (Å²) in [5.74, 6) is -3.16. The number of aliphatic imine (C=N–C) groups is 1. The van der Waals surface area contributed by atoms with Gasteiger partial charge in [-0.3, -0.25) is 9.79 Å². The SMILES string of the molecule is CCn1cc(C(=O)O)c(=O)c2cc(F)c(N3CCC(N=CC(C)(C)C)C3)c(F)c21. The number of aromatic carboxylic acids is 1. The first-order valence-electron chi connectivity index (χ1n) is 9.61. The van der Waals surface area contributed by atoms with Crippen molar-refractivity contribution in [2.24, 2.45) is 10.4 Å². The lowest BCUT2D eigenvalue weighted by Crippen LogP contribution is -2.25. The summed E-state index contributed by atoms with van der Waals surface area (Å²) in [5.41, 5.74) is -1.76. The van der Waals surface area contributed by atoms with Crippen molar-refractivity contribution in [1.82, 2.24) is 4.57 Å². The number of carboxylic acid groups (broad SMARTS) is 1. The average molecular weight is 405 g/mol. The third kappa shape index (κ3) is 4.02. The molecule has 2 heterocycles. The predicted octanol–water partition coefficient (Wildman–Crippen LogP) is 3.69. The van der Waals surface area contributed by atoms with Crippen molar-refractivity contribution >= 4 is 28.8 Å². The summed E-state index contributed by atoms with van der Waals surface area (Å²) in [5, 5.41) is 8.95. The zero-order chi connectivity index (χ0) is 21.5. The molecule has 0 radical (unpaired) electrons. The van der Waals surface area contributed by atoms with Gasteiger partial charge in [-0.05, 0) is 24.8 Å². The Hall–Kier alpha value is -2.77. The van der Waals surface area contributed by atoms with Gasteiger partial charge in [0.2, 0.25) is 5.43 Å². The highest BCUT2D eigenvalue weighted by Crippen LogP contribution is 2.32. The van der Waals surface area contributed by atoms with E-state index in [-0.39, 0.29) is 34.6 Å². The first kappa shape index (κ1) is 21.0. The molecule has 6 nitrogen and oxygen atoms in total. The van der Waals surface area contributed by atoms with Crippen molar-refractivity contribution in [1.29, 1.82) is 0 Å². The lowest BCUT2D eigenvalue weighted by atomic mass is 9.99. The second-order valence-corrected chi connectivity index (χ2v) is 8.41. The lowest BCUT2D eigenvalue weighted by Gasteiger charge is -2.22. The molecule has 0 saturated carbocycles. The molecule has 29 heavy (non-hydrogen) atoms. The number of pyridine rings is 1. The largest absolute Gasteiger partial charge is 0.477 e. The number of benzene rings is 1. The number of rotatable bonds is 4. The van der Waals surface area contributed by atoms with Crippen molar-refractivity contribution in [2.75, 3.05) is 18.0 Å². The van der Waals surface area contributed by atoms with Gasteiger partial charge in [0.1, 0.15) is 17.1 Å². The number of hydrogen-bond donors (Lipinski definition) is 1. The summed E-state index contributed by atoms with van der Waals surface area (Å²) in [6.45, 7) is 8.83. The summed E-state index contributed by atoms with van der Waals surface area (Å²) in [4.78, 5) is 29.9. The molecule has 0 spiro atoms. The molecule has 1 aromatic carbocycles. The van der Waals surface area contributed by atoms with Crippen LogP contribution >= 0.6 is 0 Å². The number of fused-ring (bicyclic) bond motifs is 1. The molecule has 1 aliphatic heterocycles. The number of carbonyl (C=O) groups is 1. The van der Waals surface area contributed by atoms with E-state index in [9.17, 15) is 19.1 Å². The molecule has 8 heteroatoms. The van der Waals surface area contributed by atoms with Crippen LogP contribution in [0.4, 0.5) is 14.5 Å². The van der Waals surface area contributed by atoms with Gasteiger partial charge < -0.3 is 14.6 Å². The van der Waals surface area contributed by atoms with Gasteiger partial charge in [0.05, 0.1) is 16.9 Å². The van der Waals surface area contributed by atoms with Crippen LogP contribution in [0.3, 0.4) is 0 Å². The van der Waals surface area contributed by atoms with Gasteiger partial charge in [0, 0.05) is 32.0 Å². The molecule has 0 amide bonds. The molecule has 156 valence electrons. The Morgan fingerprint density at radius 1 is 1.38 bits per heavy atom. The fraction of sp³-hybridized carbons (Fsp3) is 0.476. The molecule has 1 saturated heterocycles. The molecular formula is C21H25F2N3O3. The number of hydrogen-bond acceptors (Lipinski definition) is 4. The minimum Gasteiger partial charge on any atom is -0.477 e. The molecule has 1 aliphatic rings. The van der Waals surface area contributed by atoms with E-state index >= 15 is 4.39 Å². The quantitative estimate of drug-likeness (QED) is 0.788. The fourth-order valence-electron chi connectivity index (χ4n) is 3.56. The van der Waals surface area contributed by atoms with Gasteiger partial charge in [0.25, 0.3) is 0 Å². The van der Waals surface area contributed by atoms with E-state index in [0.29, 0.717) is 19.5 Å². The first-order valence-corrected chi connectivity index (χ1v) is 9.61. The van der Waals surface area contributed by atoms with Crippen LogP contribution in [-0.4, -0.2) is 41.0 Å². The van der Waals surface area contributed by atoms with E-state index in [1.807, 2.05) is 27.0 Å². The molecule has 3 rings (SSSR count). The van der Waals surface area contributed by atoms with Crippen LogP contribution in [0.5, 0.6) is 0 Å². The molecule has 1 atom stereocenters. The number of carboxylic acids is 1. The second kappa shape index (κ2) is 7.57. The van der Waals surface area contributed by atoms with Gasteiger partial charge in [-0.2, -0.15) is 0 Å². The molecule has 1 unspecified atom stereocenters. The topological polar surface area (TPSA) is 74.9 Å². The summed E-state index contributed by atoms with van der Waals surface area (Å²) in [7, 11) is 0. The standard InChI is InChI=1S/C21H25F2N3O3/c1-5-25-10-14(20(28)29)19(27)13-8-15(22)18(16(23)17(13)25)26-7-6-12(9-26)24-11-21(2,3)4/h8,10-12H,5-7,9H2,1-4H3,(H,28,29). The van der Waals surface area contributed by atoms with Crippen LogP contribution in [0.1, 0.15) is 44.5 Å². The van der Waals surface area contributed by atoms with Crippen molar-refractivity contribution < 1.29 is 18.7 Å². The van der Waals surface area contributed by atoms with Gasteiger partial charge in [-0.25, -0.2) is 13.6 Å². The van der Waals surface area contributed by atoms with Crippen molar-refractivity contribution in [3.8, 4) is 0 Å². The Morgan fingerprint density at radius 2 is 2.07 bits per heavy atom. The molecule has 0 aliphatic carbocycles. The molecule has 1 N–H and O–H groups in total. The number of halogens is 2. The highest BCUT2D eigenvalue weighted by atomic mass is 19.1. The predicted molar refractivity (Wildman–Crippen MR) is 109 cm³/mol. The van der Waals surface area contributed by atoms with E-state index in [1.165, 1.54) is 4.57 Å². The summed E-state index contributed by atoms with van der Waals surface area (Å²) in [6.07, 6.45) is 3.64. The zero-order valence-corrected chi connectivity index (χ0v) is 17.0. The van der Waals surface area contributed by atoms with Gasteiger partial charge in [0.15, 0.2) is 5.82 Å². The van der Waals surface area contributed by atoms with E-state index in [4.69, 9.17) is 0 Å². The number of aryl methyl sites for hydroxylation is 1. The van der Waals surface area contributed by atoms with Crippen molar-refractivity contribution in [3.63, 3.8) is 0 Å². The van der Waals surface area contributed by atoms with Gasteiger partial charge >= 0.3 is 5.97 Å². The van der Waals surface area contributed by atoms with Gasteiger partial charge in [-0.1, -0.05) is 20.8 Å². The maximum Gasteiger partial charge on any atom is 0.341 e. The molecular weight excluding hydrogens is 380 g/mol. The normalized spacial score (nSPS) is 17.6. The van der Waals surface area contributed by atoms with E-state index in [1.54, 1.807) is 11.8 Å². The Labute approximate surface area is 167 Å². The van der Waals surface area contributed by atoms with Crippen LogP contribution in [0, 0.1) is 17.0 Å². The Kier molecular flexibility index (Phi) is 5.47. The monoisotopic (exact) mass is 405 g/mol. The Morgan fingerprint density at radius 3 is 2.66 bits per heavy atom. The molecule has 0 bridgehead atoms. The smallest absolute Gasteiger partial charge is 0.341 e. The lowest BCUT2D eigenvalue weighted by molar-refractivity contribution is 0.0695. The highest BCUT2D eigenvalue weighted by Gasteiger charge is 2.29. The van der Waals surface area contributed by atoms with Crippen molar-refractivity contribution in [2.45, 2.75) is 46.7 Å². The second-order valence-electron chi connectivity index (χ2n) is 8.41. The Bertz CT molecular complexity index is 1050. The molecule has 2 aromatic rings. The summed E-state index contributed by atoms with van der Waals surface area (Å²) < 4.78 is 31.6. The minimum atomic E-state index is -1.43. The van der Waals surface area contributed by atoms with E-state index < -0.39 is 28.6 Å². The van der Waals surface area contributed by atoms with Crippen LogP contribution < -0.4 is 10.3 Å². The molecule has 1 fully saturated rings. The maximum atomic E-state index is 15.4. The van der Waals surface area contributed by atoms with Crippen molar-refractivity contribution in [3.05, 3.63) is 39.7 Å². The first-order chi connectivity index (χ1) is 13.5. The summed E-state index contributed by atoms with van der Waals surface area (Å²) in [6, 6.07) is 0.881. The maximum absolute atomic E-state index is 15.4. The fourth-order valence-corrected chi connectivity index (χ4v) is 3.56. The third-order valence-corrected chi connectivity index (χ3v) is 4.95. The van der Waals surface area contributed by atoms with Crippen LogP contribution in [-0.2, 0) is 6.54 Å². The number of anilines is 1. The average Bonchev–Trinajstić information content (AvgIpc) is 3.08. The van der Waals surface area contributed by atoms with Crippen LogP contribution in [0.15, 0.2) is 22.1 Å². The van der Waals surface area contributed by atoms with Crippen LogP contribution in [0.25, 0.3) is 10.9 Å². The van der Waals surface area contributed by atoms with E-state index in [2.05, 4.69) is 4.99 Å². The third-order valence-electron chi connectivity index (χ3n) is 4.95. The van der Waals surface area contributed by atoms with Crippen LogP contribution in [0.2, 0.25) is 0 Å². The highest BCUT2D eigenvalue weighted by molar-refractivity contribution is 5.93.